The Labute approximate surface area is 151 Å². The van der Waals surface area contributed by atoms with Crippen molar-refractivity contribution < 1.29 is 14.3 Å². The second-order valence-electron chi connectivity index (χ2n) is 6.28. The van der Waals surface area contributed by atoms with E-state index < -0.39 is 11.5 Å². The lowest BCUT2D eigenvalue weighted by molar-refractivity contribution is -0.135. The lowest BCUT2D eigenvalue weighted by atomic mass is 9.73. The van der Waals surface area contributed by atoms with Gasteiger partial charge < -0.3 is 15.4 Å². The first kappa shape index (κ1) is 17.5. The van der Waals surface area contributed by atoms with Crippen LogP contribution in [0.25, 0.3) is 0 Å². The summed E-state index contributed by atoms with van der Waals surface area (Å²) in [7, 11) is 0. The van der Waals surface area contributed by atoms with E-state index in [1.165, 1.54) is 0 Å². The minimum absolute atomic E-state index is 0.126. The Morgan fingerprint density at radius 3 is 2.71 bits per heavy atom. The zero-order valence-corrected chi connectivity index (χ0v) is 14.8. The van der Waals surface area contributed by atoms with E-state index in [0.29, 0.717) is 49.1 Å². The number of nitrogens with one attached hydrogen (secondary N) is 2. The largest absolute Gasteiger partial charge is 0.381 e. The number of carbonyl (C=O) groups is 2. The first-order valence-corrected chi connectivity index (χ1v) is 8.90. The number of carbonyl (C=O) groups excluding carboxylic acids is 2. The molecule has 0 bridgehead atoms. The summed E-state index contributed by atoms with van der Waals surface area (Å²) in [4.78, 5) is 25.1. The molecule has 3 rings (SSSR count). The highest BCUT2D eigenvalue weighted by atomic mass is 35.5. The topological polar surface area (TPSA) is 67.4 Å². The maximum Gasteiger partial charge on any atom is 0.242 e. The number of halogens is 2. The zero-order chi connectivity index (χ0) is 17.2. The molecule has 2 aliphatic heterocycles. The monoisotopic (exact) mass is 370 g/mol. The first-order valence-electron chi connectivity index (χ1n) is 8.15. The quantitative estimate of drug-likeness (QED) is 0.858. The minimum Gasteiger partial charge on any atom is -0.381 e. The fourth-order valence-electron chi connectivity index (χ4n) is 3.42. The number of hydrogen-bond acceptors (Lipinski definition) is 3. The molecule has 0 spiro atoms. The molecular formula is C17H20Cl2N2O3. The van der Waals surface area contributed by atoms with Crippen molar-refractivity contribution in [1.29, 1.82) is 0 Å². The average molecular weight is 371 g/mol. The smallest absolute Gasteiger partial charge is 0.242 e. The van der Waals surface area contributed by atoms with Gasteiger partial charge >= 0.3 is 0 Å². The molecule has 130 valence electrons. The van der Waals surface area contributed by atoms with Crippen LogP contribution in [0.15, 0.2) is 18.2 Å². The summed E-state index contributed by atoms with van der Waals surface area (Å²) < 4.78 is 5.44. The lowest BCUT2D eigenvalue weighted by Crippen LogP contribution is -2.56. The molecule has 24 heavy (non-hydrogen) atoms. The van der Waals surface area contributed by atoms with Crippen LogP contribution in [0.5, 0.6) is 0 Å². The molecule has 2 heterocycles. The third-order valence-corrected chi connectivity index (χ3v) is 5.37. The molecule has 1 aromatic carbocycles. The van der Waals surface area contributed by atoms with Gasteiger partial charge in [-0.15, -0.1) is 0 Å². The van der Waals surface area contributed by atoms with Crippen molar-refractivity contribution in [2.24, 2.45) is 0 Å². The van der Waals surface area contributed by atoms with Gasteiger partial charge in [0.2, 0.25) is 11.8 Å². The van der Waals surface area contributed by atoms with Crippen molar-refractivity contribution in [3.05, 3.63) is 33.8 Å². The van der Waals surface area contributed by atoms with E-state index >= 15 is 0 Å². The predicted octanol–water partition coefficient (Wildman–Crippen LogP) is 2.44. The molecule has 2 aliphatic rings. The van der Waals surface area contributed by atoms with Crippen LogP contribution in [-0.2, 0) is 19.7 Å². The van der Waals surface area contributed by atoms with Crippen molar-refractivity contribution in [1.82, 2.24) is 10.6 Å². The molecule has 5 nitrogen and oxygen atoms in total. The van der Waals surface area contributed by atoms with Crippen LogP contribution in [0, 0.1) is 0 Å². The SMILES string of the molecule is O=C1NCCCC1NC(=O)C1(c2ccc(Cl)cc2Cl)CCOCC1. The third kappa shape index (κ3) is 3.39. The van der Waals surface area contributed by atoms with Crippen molar-refractivity contribution in [3.8, 4) is 0 Å². The van der Waals surface area contributed by atoms with Crippen molar-refractivity contribution in [3.63, 3.8) is 0 Å². The van der Waals surface area contributed by atoms with Crippen molar-refractivity contribution in [2.75, 3.05) is 19.8 Å². The van der Waals surface area contributed by atoms with Crippen LogP contribution >= 0.6 is 23.2 Å². The van der Waals surface area contributed by atoms with Gasteiger partial charge in [0.05, 0.1) is 5.41 Å². The van der Waals surface area contributed by atoms with Gasteiger partial charge in [-0.2, -0.15) is 0 Å². The molecule has 2 fully saturated rings. The summed E-state index contributed by atoms with van der Waals surface area (Å²) in [6, 6.07) is 4.70. The normalized spacial score (nSPS) is 23.4. The van der Waals surface area contributed by atoms with E-state index in [1.54, 1.807) is 18.2 Å². The molecule has 2 N–H and O–H groups in total. The number of piperidine rings is 1. The van der Waals surface area contributed by atoms with E-state index in [9.17, 15) is 9.59 Å². The molecule has 7 heteroatoms. The van der Waals surface area contributed by atoms with E-state index in [-0.39, 0.29) is 11.8 Å². The molecule has 1 aromatic rings. The van der Waals surface area contributed by atoms with Crippen LogP contribution < -0.4 is 10.6 Å². The predicted molar refractivity (Wildman–Crippen MR) is 92.4 cm³/mol. The van der Waals surface area contributed by atoms with E-state index in [1.807, 2.05) is 0 Å². The molecule has 0 radical (unpaired) electrons. The summed E-state index contributed by atoms with van der Waals surface area (Å²) in [5.74, 6) is -0.295. The van der Waals surface area contributed by atoms with E-state index in [0.717, 1.165) is 12.0 Å². The van der Waals surface area contributed by atoms with Crippen molar-refractivity contribution in [2.45, 2.75) is 37.1 Å². The standard InChI is InChI=1S/C17H20Cl2N2O3/c18-11-3-4-12(13(19)10-11)17(5-8-24-9-6-17)16(23)21-14-2-1-7-20-15(14)22/h3-4,10,14H,1-2,5-9H2,(H,20,22)(H,21,23). The Balaban J connectivity index is 1.90. The maximum absolute atomic E-state index is 13.1. The zero-order valence-electron chi connectivity index (χ0n) is 13.2. The Kier molecular flexibility index (Phi) is 5.33. The van der Waals surface area contributed by atoms with Gasteiger partial charge in [-0.1, -0.05) is 29.3 Å². The molecule has 1 unspecified atom stereocenters. The number of hydrogen-bond donors (Lipinski definition) is 2. The highest BCUT2D eigenvalue weighted by Gasteiger charge is 2.44. The summed E-state index contributed by atoms with van der Waals surface area (Å²) in [5, 5.41) is 6.70. The number of ether oxygens (including phenoxy) is 1. The van der Waals surface area contributed by atoms with E-state index in [2.05, 4.69) is 10.6 Å². The van der Waals surface area contributed by atoms with Gasteiger partial charge in [-0.3, -0.25) is 9.59 Å². The van der Waals surface area contributed by atoms with E-state index in [4.69, 9.17) is 27.9 Å². The van der Waals surface area contributed by atoms with Crippen LogP contribution in [-0.4, -0.2) is 37.6 Å². The Bertz CT molecular complexity index is 645. The molecule has 0 saturated carbocycles. The average Bonchev–Trinajstić information content (AvgIpc) is 2.57. The number of rotatable bonds is 3. The van der Waals surface area contributed by atoms with Gasteiger partial charge in [0.1, 0.15) is 6.04 Å². The fraction of sp³-hybridized carbons (Fsp3) is 0.529. The fourth-order valence-corrected chi connectivity index (χ4v) is 4.01. The maximum atomic E-state index is 13.1. The van der Waals surface area contributed by atoms with Gasteiger partial charge in [-0.05, 0) is 43.4 Å². The molecule has 2 amide bonds. The summed E-state index contributed by atoms with van der Waals surface area (Å²) in [6.45, 7) is 1.61. The highest BCUT2D eigenvalue weighted by molar-refractivity contribution is 6.35. The van der Waals surface area contributed by atoms with Gasteiger partial charge in [-0.25, -0.2) is 0 Å². The van der Waals surface area contributed by atoms with Crippen LogP contribution in [0.4, 0.5) is 0 Å². The van der Waals surface area contributed by atoms with Gasteiger partial charge in [0, 0.05) is 29.8 Å². The summed E-state index contributed by atoms with van der Waals surface area (Å²) >= 11 is 12.4. The minimum atomic E-state index is -0.794. The first-order chi connectivity index (χ1) is 11.5. The van der Waals surface area contributed by atoms with Gasteiger partial charge in [0.25, 0.3) is 0 Å². The number of benzene rings is 1. The van der Waals surface area contributed by atoms with Gasteiger partial charge in [0.15, 0.2) is 0 Å². The molecule has 0 aliphatic carbocycles. The molecule has 0 aromatic heterocycles. The molecule has 2 saturated heterocycles. The summed E-state index contributed by atoms with van der Waals surface area (Å²) in [6.07, 6.45) is 2.55. The molecule has 1 atom stereocenters. The Hall–Kier alpha value is -1.30. The van der Waals surface area contributed by atoms with Crippen molar-refractivity contribution >= 4 is 35.0 Å². The van der Waals surface area contributed by atoms with Crippen LogP contribution in [0.2, 0.25) is 10.0 Å². The number of amides is 2. The Morgan fingerprint density at radius 1 is 1.29 bits per heavy atom. The van der Waals surface area contributed by atoms with Crippen LogP contribution in [0.1, 0.15) is 31.2 Å². The lowest BCUT2D eigenvalue weighted by Gasteiger charge is -2.38. The third-order valence-electron chi connectivity index (χ3n) is 4.82. The second-order valence-corrected chi connectivity index (χ2v) is 7.12. The second kappa shape index (κ2) is 7.30. The molecular weight excluding hydrogens is 351 g/mol. The Morgan fingerprint density at radius 2 is 2.04 bits per heavy atom. The highest BCUT2D eigenvalue weighted by Crippen LogP contribution is 2.40. The summed E-state index contributed by atoms with van der Waals surface area (Å²) in [5.41, 5.74) is -0.0527. The van der Waals surface area contributed by atoms with Crippen LogP contribution in [0.3, 0.4) is 0 Å².